The van der Waals surface area contributed by atoms with Crippen molar-refractivity contribution in [2.45, 2.75) is 71.3 Å². The van der Waals surface area contributed by atoms with Crippen LogP contribution >= 0.6 is 0 Å². The minimum absolute atomic E-state index is 0.129. The standard InChI is InChI=1S/C14H29NO2/c1-5-9-14(10-6-2,11-7-3)15-12-8-13(16)17-4/h15H,5-12H2,1-4H3. The second-order valence-electron chi connectivity index (χ2n) is 4.78. The van der Waals surface area contributed by atoms with E-state index in [2.05, 4.69) is 30.8 Å². The van der Waals surface area contributed by atoms with Crippen molar-refractivity contribution in [1.29, 1.82) is 0 Å². The maximum absolute atomic E-state index is 11.1. The molecule has 0 aliphatic heterocycles. The number of carbonyl (C=O) groups excluding carboxylic acids is 1. The van der Waals surface area contributed by atoms with Gasteiger partial charge in [0.15, 0.2) is 0 Å². The molecule has 3 heteroatoms. The highest BCUT2D eigenvalue weighted by molar-refractivity contribution is 5.69. The summed E-state index contributed by atoms with van der Waals surface area (Å²) in [6.45, 7) is 7.40. The molecule has 0 saturated heterocycles. The normalized spacial score (nSPS) is 11.5. The molecule has 0 unspecified atom stereocenters. The highest BCUT2D eigenvalue weighted by Crippen LogP contribution is 2.25. The Bertz CT molecular complexity index is 187. The van der Waals surface area contributed by atoms with Crippen LogP contribution in [-0.2, 0) is 9.53 Å². The quantitative estimate of drug-likeness (QED) is 0.598. The number of rotatable bonds is 10. The third-order valence-electron chi connectivity index (χ3n) is 3.24. The topological polar surface area (TPSA) is 38.3 Å². The molecule has 0 rings (SSSR count). The van der Waals surface area contributed by atoms with Crippen molar-refractivity contribution in [3.63, 3.8) is 0 Å². The Morgan fingerprint density at radius 1 is 1.06 bits per heavy atom. The van der Waals surface area contributed by atoms with Crippen molar-refractivity contribution in [1.82, 2.24) is 5.32 Å². The first-order valence-corrected chi connectivity index (χ1v) is 6.96. The number of carbonyl (C=O) groups is 1. The zero-order chi connectivity index (χ0) is 13.1. The first-order chi connectivity index (χ1) is 8.14. The summed E-state index contributed by atoms with van der Waals surface area (Å²) in [7, 11) is 1.44. The van der Waals surface area contributed by atoms with Gasteiger partial charge in [0, 0.05) is 12.1 Å². The van der Waals surface area contributed by atoms with Gasteiger partial charge < -0.3 is 10.1 Å². The van der Waals surface area contributed by atoms with Crippen LogP contribution in [0.4, 0.5) is 0 Å². The van der Waals surface area contributed by atoms with Gasteiger partial charge in [0.05, 0.1) is 13.5 Å². The van der Waals surface area contributed by atoms with Crippen molar-refractivity contribution >= 4 is 5.97 Å². The van der Waals surface area contributed by atoms with Crippen molar-refractivity contribution < 1.29 is 9.53 Å². The Hall–Kier alpha value is -0.570. The Kier molecular flexibility index (Phi) is 9.14. The smallest absolute Gasteiger partial charge is 0.306 e. The fraction of sp³-hybridized carbons (Fsp3) is 0.929. The molecule has 0 spiro atoms. The van der Waals surface area contributed by atoms with Gasteiger partial charge in [0.2, 0.25) is 0 Å². The molecule has 0 aromatic heterocycles. The molecule has 0 amide bonds. The molecule has 17 heavy (non-hydrogen) atoms. The summed E-state index contributed by atoms with van der Waals surface area (Å²) in [6, 6.07) is 0. The summed E-state index contributed by atoms with van der Waals surface area (Å²) in [5.74, 6) is -0.129. The predicted molar refractivity (Wildman–Crippen MR) is 72.1 cm³/mol. The second kappa shape index (κ2) is 9.46. The average Bonchev–Trinajstić information content (AvgIpc) is 2.30. The Morgan fingerprint density at radius 3 is 1.88 bits per heavy atom. The molecule has 0 atom stereocenters. The number of methoxy groups -OCH3 is 1. The van der Waals surface area contributed by atoms with Crippen LogP contribution < -0.4 is 5.32 Å². The SMILES string of the molecule is CCCC(CCC)(CCC)NCCC(=O)OC. The number of nitrogens with one attached hydrogen (secondary N) is 1. The molecule has 102 valence electrons. The molecular formula is C14H29NO2. The summed E-state index contributed by atoms with van der Waals surface area (Å²) < 4.78 is 4.67. The number of esters is 1. The molecule has 0 aromatic rings. The molecule has 0 saturated carbocycles. The lowest BCUT2D eigenvalue weighted by molar-refractivity contribution is -0.140. The predicted octanol–water partition coefficient (Wildman–Crippen LogP) is 3.28. The van der Waals surface area contributed by atoms with E-state index in [9.17, 15) is 4.79 Å². The van der Waals surface area contributed by atoms with Crippen LogP contribution in [0.5, 0.6) is 0 Å². The van der Waals surface area contributed by atoms with Crippen LogP contribution in [0.15, 0.2) is 0 Å². The van der Waals surface area contributed by atoms with Crippen LogP contribution in [0.1, 0.15) is 65.7 Å². The number of ether oxygens (including phenoxy) is 1. The van der Waals surface area contributed by atoms with E-state index in [4.69, 9.17) is 0 Å². The van der Waals surface area contributed by atoms with Gasteiger partial charge in [-0.2, -0.15) is 0 Å². The van der Waals surface area contributed by atoms with E-state index in [-0.39, 0.29) is 11.5 Å². The van der Waals surface area contributed by atoms with Gasteiger partial charge in [-0.15, -0.1) is 0 Å². The largest absolute Gasteiger partial charge is 0.469 e. The van der Waals surface area contributed by atoms with Crippen LogP contribution in [0.2, 0.25) is 0 Å². The Labute approximate surface area is 106 Å². The highest BCUT2D eigenvalue weighted by Gasteiger charge is 2.26. The first kappa shape index (κ1) is 16.4. The molecule has 0 bridgehead atoms. The summed E-state index contributed by atoms with van der Waals surface area (Å²) >= 11 is 0. The van der Waals surface area contributed by atoms with Gasteiger partial charge in [0.25, 0.3) is 0 Å². The van der Waals surface area contributed by atoms with E-state index < -0.39 is 0 Å². The Morgan fingerprint density at radius 2 is 1.53 bits per heavy atom. The first-order valence-electron chi connectivity index (χ1n) is 6.96. The third-order valence-corrected chi connectivity index (χ3v) is 3.24. The Balaban J connectivity index is 4.27. The molecule has 0 heterocycles. The van der Waals surface area contributed by atoms with E-state index in [0.29, 0.717) is 6.42 Å². The van der Waals surface area contributed by atoms with Crippen LogP contribution in [0, 0.1) is 0 Å². The van der Waals surface area contributed by atoms with Gasteiger partial charge in [-0.3, -0.25) is 4.79 Å². The van der Waals surface area contributed by atoms with Crippen LogP contribution in [0.3, 0.4) is 0 Å². The van der Waals surface area contributed by atoms with Crippen molar-refractivity contribution in [2.75, 3.05) is 13.7 Å². The number of hydrogen-bond donors (Lipinski definition) is 1. The van der Waals surface area contributed by atoms with Gasteiger partial charge >= 0.3 is 5.97 Å². The second-order valence-corrected chi connectivity index (χ2v) is 4.78. The van der Waals surface area contributed by atoms with Crippen molar-refractivity contribution in [3.05, 3.63) is 0 Å². The summed E-state index contributed by atoms with van der Waals surface area (Å²) in [6.07, 6.45) is 7.60. The van der Waals surface area contributed by atoms with Crippen LogP contribution in [-0.4, -0.2) is 25.2 Å². The monoisotopic (exact) mass is 243 g/mol. The molecule has 0 radical (unpaired) electrons. The average molecular weight is 243 g/mol. The van der Waals surface area contributed by atoms with Gasteiger partial charge in [0.1, 0.15) is 0 Å². The molecule has 0 aliphatic rings. The van der Waals surface area contributed by atoms with Crippen LogP contribution in [0.25, 0.3) is 0 Å². The molecular weight excluding hydrogens is 214 g/mol. The summed E-state index contributed by atoms with van der Waals surface area (Å²) in [4.78, 5) is 11.1. The van der Waals surface area contributed by atoms with E-state index in [1.807, 2.05) is 0 Å². The lowest BCUT2D eigenvalue weighted by Crippen LogP contribution is -2.46. The van der Waals surface area contributed by atoms with Gasteiger partial charge in [-0.25, -0.2) is 0 Å². The summed E-state index contributed by atoms with van der Waals surface area (Å²) in [5, 5.41) is 3.60. The van der Waals surface area contributed by atoms with Gasteiger partial charge in [-0.1, -0.05) is 40.0 Å². The highest BCUT2D eigenvalue weighted by atomic mass is 16.5. The zero-order valence-electron chi connectivity index (χ0n) is 12.0. The van der Waals surface area contributed by atoms with E-state index in [1.54, 1.807) is 0 Å². The van der Waals surface area contributed by atoms with E-state index in [1.165, 1.54) is 45.6 Å². The lowest BCUT2D eigenvalue weighted by atomic mass is 9.84. The van der Waals surface area contributed by atoms with E-state index in [0.717, 1.165) is 6.54 Å². The lowest BCUT2D eigenvalue weighted by Gasteiger charge is -2.35. The summed E-state index contributed by atoms with van der Waals surface area (Å²) in [5.41, 5.74) is 0.228. The maximum atomic E-state index is 11.1. The molecule has 3 nitrogen and oxygen atoms in total. The minimum Gasteiger partial charge on any atom is -0.469 e. The van der Waals surface area contributed by atoms with E-state index >= 15 is 0 Å². The molecule has 0 fully saturated rings. The fourth-order valence-electron chi connectivity index (χ4n) is 2.61. The van der Waals surface area contributed by atoms with Crippen molar-refractivity contribution in [3.8, 4) is 0 Å². The molecule has 1 N–H and O–H groups in total. The van der Waals surface area contributed by atoms with Gasteiger partial charge in [-0.05, 0) is 19.3 Å². The third kappa shape index (κ3) is 6.67. The fourth-order valence-corrected chi connectivity index (χ4v) is 2.61. The minimum atomic E-state index is -0.129. The molecule has 0 aromatic carbocycles. The maximum Gasteiger partial charge on any atom is 0.306 e. The van der Waals surface area contributed by atoms with Crippen molar-refractivity contribution in [2.24, 2.45) is 0 Å². The number of hydrogen-bond acceptors (Lipinski definition) is 3. The zero-order valence-corrected chi connectivity index (χ0v) is 12.0. The molecule has 0 aliphatic carbocycles.